The highest BCUT2D eigenvalue weighted by Crippen LogP contribution is 2.41. The predicted molar refractivity (Wildman–Crippen MR) is 67.3 cm³/mol. The summed E-state index contributed by atoms with van der Waals surface area (Å²) in [5.74, 6) is 0.803. The van der Waals surface area contributed by atoms with Gasteiger partial charge in [0.05, 0.1) is 11.2 Å². The Morgan fingerprint density at radius 3 is 3.12 bits per heavy atom. The Labute approximate surface area is 105 Å². The monoisotopic (exact) mass is 254 g/mol. The van der Waals surface area contributed by atoms with Crippen molar-refractivity contribution in [2.45, 2.75) is 32.1 Å². The maximum absolute atomic E-state index is 12.0. The quantitative estimate of drug-likeness (QED) is 0.813. The molecule has 1 fully saturated rings. The molecule has 0 saturated heterocycles. The Balaban J connectivity index is 1.88. The van der Waals surface area contributed by atoms with E-state index >= 15 is 0 Å². The number of carbonyl (C=O) groups excluding carboxylic acids is 1. The minimum Gasteiger partial charge on any atom is -0.396 e. The third-order valence-corrected chi connectivity index (χ3v) is 3.84. The maximum atomic E-state index is 12.0. The minimum atomic E-state index is -0.0146. The van der Waals surface area contributed by atoms with Gasteiger partial charge in [-0.3, -0.25) is 4.79 Å². The molecule has 94 valence electrons. The van der Waals surface area contributed by atoms with Crippen molar-refractivity contribution in [1.29, 1.82) is 0 Å². The molecule has 1 unspecified atom stereocenters. The lowest BCUT2D eigenvalue weighted by atomic mass is 10.1. The van der Waals surface area contributed by atoms with Gasteiger partial charge in [-0.1, -0.05) is 6.92 Å². The average molecular weight is 254 g/mol. The van der Waals surface area contributed by atoms with E-state index in [2.05, 4.69) is 10.3 Å². The zero-order valence-electron chi connectivity index (χ0n) is 9.98. The van der Waals surface area contributed by atoms with Gasteiger partial charge >= 0.3 is 0 Å². The first-order chi connectivity index (χ1) is 8.22. The van der Waals surface area contributed by atoms with Crippen LogP contribution < -0.4 is 5.32 Å². The zero-order valence-corrected chi connectivity index (χ0v) is 10.8. The number of hydrogen-bond donors (Lipinski definition) is 2. The molecule has 1 aliphatic rings. The molecule has 1 aromatic heterocycles. The second-order valence-corrected chi connectivity index (χ2v) is 5.52. The van der Waals surface area contributed by atoms with E-state index in [-0.39, 0.29) is 12.5 Å². The summed E-state index contributed by atoms with van der Waals surface area (Å²) >= 11 is 1.42. The van der Waals surface area contributed by atoms with Crippen molar-refractivity contribution < 1.29 is 9.90 Å². The van der Waals surface area contributed by atoms with Gasteiger partial charge in [0.25, 0.3) is 5.91 Å². The Morgan fingerprint density at radius 2 is 2.47 bits per heavy atom. The molecule has 1 atom stereocenters. The fourth-order valence-corrected chi connectivity index (χ4v) is 2.53. The Kier molecular flexibility index (Phi) is 4.12. The molecule has 1 aliphatic carbocycles. The van der Waals surface area contributed by atoms with Crippen LogP contribution in [0.15, 0.2) is 5.51 Å². The van der Waals surface area contributed by atoms with Gasteiger partial charge in [-0.15, -0.1) is 11.3 Å². The summed E-state index contributed by atoms with van der Waals surface area (Å²) in [7, 11) is 0. The second-order valence-electron chi connectivity index (χ2n) is 4.67. The Bertz CT molecular complexity index is 388. The van der Waals surface area contributed by atoms with Gasteiger partial charge in [0.15, 0.2) is 0 Å². The number of hydrogen-bond acceptors (Lipinski definition) is 4. The minimum absolute atomic E-state index is 0.0146. The molecule has 4 nitrogen and oxygen atoms in total. The van der Waals surface area contributed by atoms with Crippen LogP contribution in [0, 0.1) is 5.92 Å². The van der Waals surface area contributed by atoms with Gasteiger partial charge in [0, 0.05) is 19.1 Å². The number of aromatic nitrogens is 1. The summed E-state index contributed by atoms with van der Waals surface area (Å²) in [6.45, 7) is 2.80. The highest BCUT2D eigenvalue weighted by atomic mass is 32.1. The lowest BCUT2D eigenvalue weighted by Gasteiger charge is -2.10. The van der Waals surface area contributed by atoms with E-state index in [4.69, 9.17) is 5.11 Å². The summed E-state index contributed by atoms with van der Waals surface area (Å²) < 4.78 is 0. The zero-order chi connectivity index (χ0) is 12.3. The fourth-order valence-electron chi connectivity index (χ4n) is 1.74. The number of carbonyl (C=O) groups is 1. The number of thiazole rings is 1. The van der Waals surface area contributed by atoms with Crippen LogP contribution in [0.25, 0.3) is 0 Å². The number of aliphatic hydroxyl groups is 1. The SMILES string of the molecule is CC(CCO)CNC(=O)c1scnc1C1CC1. The summed E-state index contributed by atoms with van der Waals surface area (Å²) in [5, 5.41) is 11.7. The number of nitrogens with one attached hydrogen (secondary N) is 1. The molecule has 2 rings (SSSR count). The summed E-state index contributed by atoms with van der Waals surface area (Å²) in [6.07, 6.45) is 3.04. The smallest absolute Gasteiger partial charge is 0.263 e. The molecule has 1 saturated carbocycles. The van der Waals surface area contributed by atoms with E-state index in [1.165, 1.54) is 11.3 Å². The summed E-state index contributed by atoms with van der Waals surface area (Å²) in [4.78, 5) is 17.0. The van der Waals surface area contributed by atoms with Gasteiger partial charge < -0.3 is 10.4 Å². The molecule has 0 aliphatic heterocycles. The highest BCUT2D eigenvalue weighted by Gasteiger charge is 2.30. The van der Waals surface area contributed by atoms with E-state index in [1.54, 1.807) is 5.51 Å². The van der Waals surface area contributed by atoms with Crippen LogP contribution in [0.4, 0.5) is 0 Å². The predicted octanol–water partition coefficient (Wildman–Crippen LogP) is 1.77. The lowest BCUT2D eigenvalue weighted by molar-refractivity contribution is 0.0948. The first-order valence-electron chi connectivity index (χ1n) is 6.04. The van der Waals surface area contributed by atoms with E-state index in [0.717, 1.165) is 29.8 Å². The molecule has 2 N–H and O–H groups in total. The van der Waals surface area contributed by atoms with Crippen molar-refractivity contribution in [1.82, 2.24) is 10.3 Å². The van der Waals surface area contributed by atoms with E-state index in [9.17, 15) is 4.79 Å². The third-order valence-electron chi connectivity index (χ3n) is 3.00. The molecule has 0 spiro atoms. The summed E-state index contributed by atoms with van der Waals surface area (Å²) in [5.41, 5.74) is 2.72. The fraction of sp³-hybridized carbons (Fsp3) is 0.667. The van der Waals surface area contributed by atoms with Crippen molar-refractivity contribution in [2.24, 2.45) is 5.92 Å². The number of nitrogens with zero attached hydrogens (tertiary/aromatic N) is 1. The molecule has 1 heterocycles. The highest BCUT2D eigenvalue weighted by molar-refractivity contribution is 7.11. The van der Waals surface area contributed by atoms with Crippen LogP contribution in [0.1, 0.15) is 47.5 Å². The maximum Gasteiger partial charge on any atom is 0.263 e. The molecule has 1 aromatic rings. The van der Waals surface area contributed by atoms with Gasteiger partial charge in [-0.25, -0.2) is 4.98 Å². The number of rotatable bonds is 6. The van der Waals surface area contributed by atoms with Crippen LogP contribution in [0.3, 0.4) is 0 Å². The Morgan fingerprint density at radius 1 is 1.71 bits per heavy atom. The van der Waals surface area contributed by atoms with Crippen molar-refractivity contribution in [3.8, 4) is 0 Å². The lowest BCUT2D eigenvalue weighted by Crippen LogP contribution is -2.28. The molecule has 5 heteroatoms. The number of aliphatic hydroxyl groups excluding tert-OH is 1. The first kappa shape index (κ1) is 12.5. The van der Waals surface area contributed by atoms with Crippen LogP contribution in [0.2, 0.25) is 0 Å². The van der Waals surface area contributed by atoms with Crippen molar-refractivity contribution in [2.75, 3.05) is 13.2 Å². The van der Waals surface area contributed by atoms with Crippen LogP contribution >= 0.6 is 11.3 Å². The first-order valence-corrected chi connectivity index (χ1v) is 6.92. The molecule has 0 bridgehead atoms. The molecule has 0 radical (unpaired) electrons. The van der Waals surface area contributed by atoms with Gasteiger partial charge in [0.1, 0.15) is 4.88 Å². The van der Waals surface area contributed by atoms with E-state index < -0.39 is 0 Å². The van der Waals surface area contributed by atoms with E-state index in [0.29, 0.717) is 18.4 Å². The van der Waals surface area contributed by atoms with Crippen LogP contribution in [-0.4, -0.2) is 29.1 Å². The average Bonchev–Trinajstić information content (AvgIpc) is 3.04. The van der Waals surface area contributed by atoms with Crippen molar-refractivity contribution >= 4 is 17.2 Å². The molecular weight excluding hydrogens is 236 g/mol. The van der Waals surface area contributed by atoms with Crippen LogP contribution in [-0.2, 0) is 0 Å². The molecule has 1 amide bonds. The molecular formula is C12H18N2O2S. The largest absolute Gasteiger partial charge is 0.396 e. The van der Waals surface area contributed by atoms with Gasteiger partial charge in [-0.2, -0.15) is 0 Å². The van der Waals surface area contributed by atoms with Crippen molar-refractivity contribution in [3.63, 3.8) is 0 Å². The van der Waals surface area contributed by atoms with E-state index in [1.807, 2.05) is 6.92 Å². The number of amides is 1. The van der Waals surface area contributed by atoms with Crippen LogP contribution in [0.5, 0.6) is 0 Å². The second kappa shape index (κ2) is 5.60. The third kappa shape index (κ3) is 3.26. The van der Waals surface area contributed by atoms with Crippen molar-refractivity contribution in [3.05, 3.63) is 16.1 Å². The Hall–Kier alpha value is -0.940. The molecule has 17 heavy (non-hydrogen) atoms. The van der Waals surface area contributed by atoms with Gasteiger partial charge in [-0.05, 0) is 25.2 Å². The molecule has 0 aromatic carbocycles. The standard InChI is InChI=1S/C12H18N2O2S/c1-8(4-5-15)6-13-12(16)11-10(9-2-3-9)14-7-17-11/h7-9,15H,2-6H2,1H3,(H,13,16). The topological polar surface area (TPSA) is 62.2 Å². The summed E-state index contributed by atoms with van der Waals surface area (Å²) in [6, 6.07) is 0. The van der Waals surface area contributed by atoms with Gasteiger partial charge in [0.2, 0.25) is 0 Å². The normalized spacial score (nSPS) is 16.8.